The second kappa shape index (κ2) is 10.4. The van der Waals surface area contributed by atoms with E-state index in [0.717, 1.165) is 26.7 Å². The summed E-state index contributed by atoms with van der Waals surface area (Å²) in [6.45, 7) is 2.01. The number of carbonyl (C=O) groups is 2. The molecule has 0 aliphatic carbocycles. The first-order valence-corrected chi connectivity index (χ1v) is 11.9. The number of amides is 1. The number of carboxylic acid groups (broad SMARTS) is 1. The summed E-state index contributed by atoms with van der Waals surface area (Å²) in [5, 5.41) is 13.6. The second-order valence-corrected chi connectivity index (χ2v) is 9.34. The first-order chi connectivity index (χ1) is 16.3. The van der Waals surface area contributed by atoms with E-state index >= 15 is 0 Å². The van der Waals surface area contributed by atoms with E-state index in [4.69, 9.17) is 16.6 Å². The second-order valence-electron chi connectivity index (χ2n) is 8.01. The molecule has 3 aromatic carbocycles. The number of benzene rings is 3. The van der Waals surface area contributed by atoms with Gasteiger partial charge in [0, 0.05) is 32.9 Å². The lowest BCUT2D eigenvalue weighted by molar-refractivity contribution is -0.137. The van der Waals surface area contributed by atoms with Crippen molar-refractivity contribution in [3.8, 4) is 11.3 Å². The molecule has 4 aromatic rings. The molecule has 7 heteroatoms. The molecule has 1 amide bonds. The van der Waals surface area contributed by atoms with Crippen LogP contribution in [0.4, 0.5) is 0 Å². The Hall–Kier alpha value is -3.22. The van der Waals surface area contributed by atoms with E-state index in [1.807, 2.05) is 61.5 Å². The number of aromatic nitrogens is 1. The van der Waals surface area contributed by atoms with Crippen molar-refractivity contribution in [3.63, 3.8) is 0 Å². The van der Waals surface area contributed by atoms with Gasteiger partial charge in [-0.15, -0.1) is 0 Å². The molecule has 2 N–H and O–H groups in total. The number of hydrogen-bond acceptors (Lipinski definition) is 3. The lowest BCUT2D eigenvalue weighted by Crippen LogP contribution is -2.30. The Morgan fingerprint density at radius 3 is 2.47 bits per heavy atom. The highest BCUT2D eigenvalue weighted by molar-refractivity contribution is 9.10. The third kappa shape index (κ3) is 5.13. The summed E-state index contributed by atoms with van der Waals surface area (Å²) in [5.41, 5.74) is 4.30. The van der Waals surface area contributed by atoms with Gasteiger partial charge in [0.25, 0.3) is 5.91 Å². The Bertz CT molecular complexity index is 1380. The molecule has 0 spiro atoms. The predicted molar refractivity (Wildman–Crippen MR) is 138 cm³/mol. The van der Waals surface area contributed by atoms with Crippen LogP contribution in [0.25, 0.3) is 22.2 Å². The van der Waals surface area contributed by atoms with E-state index in [2.05, 4.69) is 21.2 Å². The Balaban J connectivity index is 1.74. The van der Waals surface area contributed by atoms with Crippen molar-refractivity contribution >= 4 is 50.3 Å². The van der Waals surface area contributed by atoms with Crippen LogP contribution in [0.3, 0.4) is 0 Å². The van der Waals surface area contributed by atoms with Gasteiger partial charge < -0.3 is 10.4 Å². The minimum absolute atomic E-state index is 0.132. The van der Waals surface area contributed by atoms with Crippen LogP contribution < -0.4 is 5.32 Å². The van der Waals surface area contributed by atoms with Crippen LogP contribution in [-0.4, -0.2) is 28.5 Å². The number of halogens is 2. The zero-order valence-electron chi connectivity index (χ0n) is 18.4. The summed E-state index contributed by atoms with van der Waals surface area (Å²) in [6, 6.07) is 22.5. The third-order valence-corrected chi connectivity index (χ3v) is 6.58. The fourth-order valence-corrected chi connectivity index (χ4v) is 4.76. The summed E-state index contributed by atoms with van der Waals surface area (Å²) in [7, 11) is 0. The van der Waals surface area contributed by atoms with Crippen LogP contribution in [0, 0.1) is 6.92 Å². The quantitative estimate of drug-likeness (QED) is 0.278. The average Bonchev–Trinajstić information content (AvgIpc) is 2.82. The zero-order chi connectivity index (χ0) is 24.2. The molecule has 0 unspecified atom stereocenters. The van der Waals surface area contributed by atoms with Crippen LogP contribution in [0.5, 0.6) is 0 Å². The molecular formula is C27H22BrClN2O3. The van der Waals surface area contributed by atoms with Gasteiger partial charge in [-0.3, -0.25) is 9.59 Å². The molecule has 0 fully saturated rings. The molecule has 0 saturated carbocycles. The fraction of sp³-hybridized carbons (Fsp3) is 0.148. The largest absolute Gasteiger partial charge is 0.481 e. The van der Waals surface area contributed by atoms with E-state index in [1.165, 1.54) is 0 Å². The Labute approximate surface area is 210 Å². The number of pyridine rings is 1. The van der Waals surface area contributed by atoms with Gasteiger partial charge in [0.2, 0.25) is 0 Å². The highest BCUT2D eigenvalue weighted by atomic mass is 79.9. The molecular weight excluding hydrogens is 516 g/mol. The number of carbonyl (C=O) groups excluding carboxylic acids is 1. The topological polar surface area (TPSA) is 79.3 Å². The Morgan fingerprint density at radius 1 is 1.06 bits per heavy atom. The van der Waals surface area contributed by atoms with Gasteiger partial charge in [-0.05, 0) is 42.3 Å². The van der Waals surface area contributed by atoms with Crippen LogP contribution in [0.2, 0.25) is 5.02 Å². The van der Waals surface area contributed by atoms with Crippen molar-refractivity contribution in [2.24, 2.45) is 0 Å². The summed E-state index contributed by atoms with van der Waals surface area (Å²) in [4.78, 5) is 29.9. The van der Waals surface area contributed by atoms with Gasteiger partial charge in [-0.2, -0.15) is 0 Å². The monoisotopic (exact) mass is 536 g/mol. The van der Waals surface area contributed by atoms with E-state index in [0.29, 0.717) is 21.7 Å². The molecule has 34 heavy (non-hydrogen) atoms. The lowest BCUT2D eigenvalue weighted by Gasteiger charge is -2.19. The molecule has 4 rings (SSSR count). The van der Waals surface area contributed by atoms with Gasteiger partial charge in [0.1, 0.15) is 0 Å². The Morgan fingerprint density at radius 2 is 1.76 bits per heavy atom. The summed E-state index contributed by atoms with van der Waals surface area (Å²) < 4.78 is 0.836. The van der Waals surface area contributed by atoms with Crippen LogP contribution in [-0.2, 0) is 4.79 Å². The molecule has 172 valence electrons. The first-order valence-electron chi connectivity index (χ1n) is 10.7. The number of nitrogens with one attached hydrogen (secondary N) is 1. The van der Waals surface area contributed by atoms with Crippen LogP contribution >= 0.6 is 27.5 Å². The average molecular weight is 538 g/mol. The van der Waals surface area contributed by atoms with Crippen molar-refractivity contribution in [2.75, 3.05) is 6.54 Å². The van der Waals surface area contributed by atoms with Gasteiger partial charge in [-0.1, -0.05) is 76.1 Å². The van der Waals surface area contributed by atoms with Crippen molar-refractivity contribution in [1.29, 1.82) is 0 Å². The fourth-order valence-electron chi connectivity index (χ4n) is 4.11. The molecule has 1 aromatic heterocycles. The maximum absolute atomic E-state index is 13.5. The molecule has 5 nitrogen and oxygen atoms in total. The number of hydrogen-bond donors (Lipinski definition) is 2. The minimum atomic E-state index is -0.958. The zero-order valence-corrected chi connectivity index (χ0v) is 20.7. The molecule has 0 aliphatic rings. The van der Waals surface area contributed by atoms with Crippen molar-refractivity contribution in [1.82, 2.24) is 10.3 Å². The summed E-state index contributed by atoms with van der Waals surface area (Å²) in [5.74, 6) is -1.72. The molecule has 0 saturated heterocycles. The lowest BCUT2D eigenvalue weighted by atomic mass is 9.94. The van der Waals surface area contributed by atoms with Crippen LogP contribution in [0.15, 0.2) is 77.3 Å². The van der Waals surface area contributed by atoms with Gasteiger partial charge in [0.05, 0.1) is 23.2 Å². The number of rotatable bonds is 7. The predicted octanol–water partition coefficient (Wildman–Crippen LogP) is 6.61. The molecule has 0 radical (unpaired) electrons. The van der Waals surface area contributed by atoms with E-state index in [-0.39, 0.29) is 18.9 Å². The maximum atomic E-state index is 13.5. The highest BCUT2D eigenvalue weighted by Crippen LogP contribution is 2.32. The third-order valence-electron chi connectivity index (χ3n) is 5.74. The summed E-state index contributed by atoms with van der Waals surface area (Å²) >= 11 is 9.82. The molecule has 1 atom stereocenters. The van der Waals surface area contributed by atoms with Gasteiger partial charge in [-0.25, -0.2) is 4.98 Å². The van der Waals surface area contributed by atoms with Crippen molar-refractivity contribution in [3.05, 3.63) is 99.0 Å². The number of nitrogens with zero attached hydrogens (tertiary/aromatic N) is 1. The van der Waals surface area contributed by atoms with Crippen molar-refractivity contribution in [2.45, 2.75) is 19.3 Å². The molecule has 0 aliphatic heterocycles. The van der Waals surface area contributed by atoms with Gasteiger partial charge >= 0.3 is 5.97 Å². The number of fused-ring (bicyclic) bond motifs is 1. The summed E-state index contributed by atoms with van der Waals surface area (Å²) in [6.07, 6.45) is -0.152. The standard InChI is InChI=1S/C27H22BrClN2O3/c1-16-25(27(34)30-15-18(13-24(32)33)20-9-5-6-10-22(20)29)21-14-19(28)11-12-23(21)31-26(16)17-7-3-2-4-8-17/h2-12,14,18H,13,15H2,1H3,(H,30,34)(H,32,33)/t18-/m0/s1. The van der Waals surface area contributed by atoms with E-state index in [9.17, 15) is 14.7 Å². The minimum Gasteiger partial charge on any atom is -0.481 e. The normalized spacial score (nSPS) is 11.9. The SMILES string of the molecule is Cc1c(-c2ccccc2)nc2ccc(Br)cc2c1C(=O)NC[C@H](CC(=O)O)c1ccccc1Cl. The highest BCUT2D eigenvalue weighted by Gasteiger charge is 2.23. The van der Waals surface area contributed by atoms with Crippen LogP contribution in [0.1, 0.15) is 33.8 Å². The Kier molecular flexibility index (Phi) is 7.29. The first kappa shape index (κ1) is 23.9. The van der Waals surface area contributed by atoms with Gasteiger partial charge in [0.15, 0.2) is 0 Å². The van der Waals surface area contributed by atoms with Crippen molar-refractivity contribution < 1.29 is 14.7 Å². The molecule has 0 bridgehead atoms. The van der Waals surface area contributed by atoms with E-state index in [1.54, 1.807) is 18.2 Å². The maximum Gasteiger partial charge on any atom is 0.304 e. The van der Waals surface area contributed by atoms with E-state index < -0.39 is 11.9 Å². The smallest absolute Gasteiger partial charge is 0.304 e. The number of aliphatic carboxylic acids is 1. The number of carboxylic acids is 1. The molecule has 1 heterocycles.